The fraction of sp³-hybridized carbons (Fsp3) is 0.875. The largest absolute Gasteiger partial charge is 0.369 e. The highest BCUT2D eigenvalue weighted by molar-refractivity contribution is 7.78. The predicted octanol–water partition coefficient (Wildman–Crippen LogP) is 2.45. The van der Waals surface area contributed by atoms with Gasteiger partial charge in [0.15, 0.2) is 0 Å². The molecule has 0 radical (unpaired) electrons. The number of nitrogens with zero attached hydrogens (tertiary/aromatic N) is 1. The summed E-state index contributed by atoms with van der Waals surface area (Å²) in [5.74, 6) is 0. The molecule has 1 unspecified atom stereocenters. The Morgan fingerprint density at radius 2 is 2.20 bits per heavy atom. The molecule has 0 fully saturated rings. The Hall–Kier alpha value is -0.110. The highest BCUT2D eigenvalue weighted by atomic mass is 32.1. The fourth-order valence-corrected chi connectivity index (χ4v) is 1.01. The minimum Gasteiger partial charge on any atom is -0.369 e. The van der Waals surface area contributed by atoms with Crippen molar-refractivity contribution in [2.45, 2.75) is 39.2 Å². The minimum absolute atomic E-state index is 0.609. The maximum absolute atomic E-state index is 4.80. The van der Waals surface area contributed by atoms with E-state index in [0.29, 0.717) is 6.04 Å². The van der Waals surface area contributed by atoms with Crippen molar-refractivity contribution in [3.63, 3.8) is 0 Å². The molecule has 0 aromatic carbocycles. The summed E-state index contributed by atoms with van der Waals surface area (Å²) >= 11 is 4.80. The van der Waals surface area contributed by atoms with Gasteiger partial charge < -0.3 is 4.90 Å². The lowest BCUT2D eigenvalue weighted by Gasteiger charge is -2.21. The van der Waals surface area contributed by atoms with Crippen LogP contribution < -0.4 is 0 Å². The van der Waals surface area contributed by atoms with Crippen molar-refractivity contribution >= 4 is 17.7 Å². The second-order valence-corrected chi connectivity index (χ2v) is 2.97. The maximum atomic E-state index is 4.80. The van der Waals surface area contributed by atoms with E-state index in [1.54, 1.807) is 5.49 Å². The van der Waals surface area contributed by atoms with Crippen LogP contribution in [0.2, 0.25) is 0 Å². The highest BCUT2D eigenvalue weighted by Crippen LogP contribution is 2.04. The van der Waals surface area contributed by atoms with Gasteiger partial charge in [-0.25, -0.2) is 0 Å². The van der Waals surface area contributed by atoms with Crippen LogP contribution in [0.3, 0.4) is 0 Å². The van der Waals surface area contributed by atoms with Gasteiger partial charge in [0.2, 0.25) is 0 Å². The first-order chi connectivity index (χ1) is 4.72. The molecule has 0 spiro atoms. The number of hydrogen-bond acceptors (Lipinski definition) is 1. The van der Waals surface area contributed by atoms with Crippen LogP contribution in [0.4, 0.5) is 0 Å². The average Bonchev–Trinajstić information content (AvgIpc) is 1.98. The molecule has 0 aliphatic carbocycles. The van der Waals surface area contributed by atoms with Crippen molar-refractivity contribution < 1.29 is 0 Å². The highest BCUT2D eigenvalue weighted by Gasteiger charge is 2.02. The third-order valence-electron chi connectivity index (χ3n) is 1.84. The third kappa shape index (κ3) is 3.83. The second-order valence-electron chi connectivity index (χ2n) is 2.76. The van der Waals surface area contributed by atoms with Crippen molar-refractivity contribution in [2.24, 2.45) is 0 Å². The molecule has 0 bridgehead atoms. The molecule has 60 valence electrons. The zero-order valence-electron chi connectivity index (χ0n) is 7.13. The molecule has 0 saturated heterocycles. The Bertz CT molecular complexity index is 93.3. The van der Waals surface area contributed by atoms with Crippen LogP contribution in [0.25, 0.3) is 0 Å². The van der Waals surface area contributed by atoms with Crippen LogP contribution in [0, 0.1) is 0 Å². The van der Waals surface area contributed by atoms with Crippen LogP contribution in [0.1, 0.15) is 33.1 Å². The molecule has 0 amide bonds. The third-order valence-corrected chi connectivity index (χ3v) is 2.17. The SMILES string of the molecule is CCCCC(C)N(C)C=S. The van der Waals surface area contributed by atoms with E-state index in [1.165, 1.54) is 19.3 Å². The van der Waals surface area contributed by atoms with E-state index in [0.717, 1.165) is 0 Å². The molecule has 0 N–H and O–H groups in total. The van der Waals surface area contributed by atoms with Gasteiger partial charge in [0.05, 0.1) is 5.49 Å². The Morgan fingerprint density at radius 1 is 1.60 bits per heavy atom. The zero-order chi connectivity index (χ0) is 7.98. The summed E-state index contributed by atoms with van der Waals surface area (Å²) in [5, 5.41) is 0. The van der Waals surface area contributed by atoms with Gasteiger partial charge in [-0.05, 0) is 13.3 Å². The second kappa shape index (κ2) is 5.66. The zero-order valence-corrected chi connectivity index (χ0v) is 7.95. The molecule has 0 rings (SSSR count). The Balaban J connectivity index is 3.40. The molecular formula is C8H17NS. The van der Waals surface area contributed by atoms with Crippen molar-refractivity contribution in [1.82, 2.24) is 4.90 Å². The van der Waals surface area contributed by atoms with E-state index < -0.39 is 0 Å². The molecule has 1 nitrogen and oxygen atoms in total. The lowest BCUT2D eigenvalue weighted by molar-refractivity contribution is 0.374. The molecule has 0 aromatic rings. The lowest BCUT2D eigenvalue weighted by Crippen LogP contribution is -2.26. The summed E-state index contributed by atoms with van der Waals surface area (Å²) in [5.41, 5.74) is 1.72. The molecular weight excluding hydrogens is 142 g/mol. The molecule has 0 aliphatic heterocycles. The molecule has 0 aromatic heterocycles. The van der Waals surface area contributed by atoms with Gasteiger partial charge in [-0.15, -0.1) is 0 Å². The van der Waals surface area contributed by atoms with E-state index in [1.807, 2.05) is 7.05 Å². The van der Waals surface area contributed by atoms with Gasteiger partial charge in [0.1, 0.15) is 0 Å². The van der Waals surface area contributed by atoms with Crippen LogP contribution >= 0.6 is 12.2 Å². The summed E-state index contributed by atoms with van der Waals surface area (Å²) in [4.78, 5) is 2.09. The summed E-state index contributed by atoms with van der Waals surface area (Å²) in [6, 6.07) is 0.609. The van der Waals surface area contributed by atoms with E-state index >= 15 is 0 Å². The van der Waals surface area contributed by atoms with Crippen molar-refractivity contribution in [3.05, 3.63) is 0 Å². The standard InChI is InChI=1S/C8H17NS/c1-4-5-6-8(2)9(3)7-10/h7-8H,4-6H2,1-3H3. The first-order valence-corrected chi connectivity index (χ1v) is 4.36. The molecule has 2 heteroatoms. The smallest absolute Gasteiger partial charge is 0.0640 e. The Kier molecular flexibility index (Phi) is 5.60. The summed E-state index contributed by atoms with van der Waals surface area (Å²) in [6.07, 6.45) is 3.82. The average molecular weight is 159 g/mol. The monoisotopic (exact) mass is 159 g/mol. The van der Waals surface area contributed by atoms with Gasteiger partial charge in [-0.3, -0.25) is 0 Å². The summed E-state index contributed by atoms with van der Waals surface area (Å²) < 4.78 is 0. The minimum atomic E-state index is 0.609. The predicted molar refractivity (Wildman–Crippen MR) is 50.4 cm³/mol. The van der Waals surface area contributed by atoms with Crippen LogP contribution in [0.15, 0.2) is 0 Å². The number of unbranched alkanes of at least 4 members (excludes halogenated alkanes) is 1. The van der Waals surface area contributed by atoms with Crippen molar-refractivity contribution in [2.75, 3.05) is 7.05 Å². The van der Waals surface area contributed by atoms with Gasteiger partial charge in [-0.1, -0.05) is 32.0 Å². The van der Waals surface area contributed by atoms with E-state index in [-0.39, 0.29) is 0 Å². The van der Waals surface area contributed by atoms with Gasteiger partial charge in [0, 0.05) is 13.1 Å². The topological polar surface area (TPSA) is 3.24 Å². The first-order valence-electron chi connectivity index (χ1n) is 3.89. The molecule has 0 saturated carbocycles. The van der Waals surface area contributed by atoms with Crippen LogP contribution in [-0.4, -0.2) is 23.5 Å². The summed E-state index contributed by atoms with van der Waals surface area (Å²) in [6.45, 7) is 4.42. The van der Waals surface area contributed by atoms with Gasteiger partial charge in [0.25, 0.3) is 0 Å². The van der Waals surface area contributed by atoms with E-state index in [2.05, 4.69) is 18.7 Å². The Labute approximate surface area is 69.4 Å². The van der Waals surface area contributed by atoms with Crippen molar-refractivity contribution in [1.29, 1.82) is 0 Å². The van der Waals surface area contributed by atoms with Crippen LogP contribution in [0.5, 0.6) is 0 Å². The summed E-state index contributed by atoms with van der Waals surface area (Å²) in [7, 11) is 2.04. The molecule has 0 aliphatic rings. The lowest BCUT2D eigenvalue weighted by atomic mass is 10.1. The molecule has 0 heterocycles. The molecule has 1 atom stereocenters. The van der Waals surface area contributed by atoms with Crippen molar-refractivity contribution in [3.8, 4) is 0 Å². The molecule has 10 heavy (non-hydrogen) atoms. The Morgan fingerprint density at radius 3 is 2.60 bits per heavy atom. The van der Waals surface area contributed by atoms with Gasteiger partial charge >= 0.3 is 0 Å². The van der Waals surface area contributed by atoms with E-state index in [4.69, 9.17) is 12.2 Å². The number of hydrogen-bond donors (Lipinski definition) is 0. The van der Waals surface area contributed by atoms with Gasteiger partial charge in [-0.2, -0.15) is 0 Å². The number of rotatable bonds is 5. The number of thiocarbonyl (C=S) groups is 1. The first kappa shape index (κ1) is 9.89. The normalized spacial score (nSPS) is 12.7. The van der Waals surface area contributed by atoms with Crippen LogP contribution in [-0.2, 0) is 0 Å². The maximum Gasteiger partial charge on any atom is 0.0640 e. The quantitative estimate of drug-likeness (QED) is 0.567. The van der Waals surface area contributed by atoms with E-state index in [9.17, 15) is 0 Å². The fourth-order valence-electron chi connectivity index (χ4n) is 0.807.